The highest BCUT2D eigenvalue weighted by atomic mass is 19.1. The molecule has 0 radical (unpaired) electrons. The number of hydrogen-bond donors (Lipinski definition) is 2. The molecule has 1 aliphatic carbocycles. The average molecular weight is 351 g/mol. The van der Waals surface area contributed by atoms with Gasteiger partial charge >= 0.3 is 0 Å². The highest BCUT2D eigenvalue weighted by Crippen LogP contribution is 2.45. The quantitative estimate of drug-likeness (QED) is 0.739. The number of benzene rings is 1. The highest BCUT2D eigenvalue weighted by Gasteiger charge is 2.27. The van der Waals surface area contributed by atoms with Gasteiger partial charge in [-0.1, -0.05) is 12.5 Å². The summed E-state index contributed by atoms with van der Waals surface area (Å²) in [7, 11) is 0. The largest absolute Gasteiger partial charge is 0.454 e. The minimum Gasteiger partial charge on any atom is -0.454 e. The van der Waals surface area contributed by atoms with Crippen molar-refractivity contribution in [2.24, 2.45) is 0 Å². The van der Waals surface area contributed by atoms with E-state index in [1.54, 1.807) is 18.2 Å². The summed E-state index contributed by atoms with van der Waals surface area (Å²) >= 11 is 0. The number of rotatable bonds is 4. The van der Waals surface area contributed by atoms with Crippen molar-refractivity contribution in [1.82, 2.24) is 15.0 Å². The van der Waals surface area contributed by atoms with Gasteiger partial charge in [0.25, 0.3) is 0 Å². The maximum Gasteiger partial charge on any atom is 0.175 e. The van der Waals surface area contributed by atoms with E-state index >= 15 is 4.39 Å². The summed E-state index contributed by atoms with van der Waals surface area (Å²) in [5, 5.41) is 0. The van der Waals surface area contributed by atoms with E-state index in [1.807, 2.05) is 6.07 Å². The summed E-state index contributed by atoms with van der Waals surface area (Å²) in [4.78, 5) is 12.1. The molecule has 2 heterocycles. The van der Waals surface area contributed by atoms with Gasteiger partial charge < -0.3 is 16.2 Å². The van der Waals surface area contributed by atoms with E-state index in [0.29, 0.717) is 28.7 Å². The summed E-state index contributed by atoms with van der Waals surface area (Å²) in [6.07, 6.45) is 7.56. The van der Waals surface area contributed by atoms with Crippen LogP contribution < -0.4 is 16.2 Å². The smallest absolute Gasteiger partial charge is 0.175 e. The van der Waals surface area contributed by atoms with Crippen molar-refractivity contribution in [1.29, 1.82) is 0 Å². The molecule has 26 heavy (non-hydrogen) atoms. The number of hydrogen-bond acceptors (Lipinski definition) is 6. The van der Waals surface area contributed by atoms with Gasteiger partial charge in [-0.15, -0.1) is 0 Å². The summed E-state index contributed by atoms with van der Waals surface area (Å²) < 4.78 is 21.3. The van der Waals surface area contributed by atoms with Crippen molar-refractivity contribution >= 4 is 11.6 Å². The molecule has 0 saturated heterocycles. The number of aromatic nitrogens is 3. The Morgan fingerprint density at radius 3 is 2.50 bits per heavy atom. The zero-order valence-corrected chi connectivity index (χ0v) is 14.0. The Kier molecular flexibility index (Phi) is 4.12. The molecule has 6 nitrogen and oxygen atoms in total. The first-order valence-corrected chi connectivity index (χ1v) is 8.41. The molecule has 4 N–H and O–H groups in total. The predicted octanol–water partition coefficient (Wildman–Crippen LogP) is 3.90. The van der Waals surface area contributed by atoms with Crippen LogP contribution in [0.2, 0.25) is 0 Å². The fraction of sp³-hybridized carbons (Fsp3) is 0.211. The fourth-order valence-electron chi connectivity index (χ4n) is 3.00. The molecule has 4 rings (SSSR count). The van der Waals surface area contributed by atoms with Crippen molar-refractivity contribution in [3.8, 4) is 22.8 Å². The molecular formula is C19H18FN5O. The Hall–Kier alpha value is -3.22. The maximum absolute atomic E-state index is 15.4. The van der Waals surface area contributed by atoms with Crippen LogP contribution in [-0.2, 0) is 0 Å². The van der Waals surface area contributed by atoms with E-state index in [2.05, 4.69) is 15.0 Å². The van der Waals surface area contributed by atoms with Gasteiger partial charge in [0.1, 0.15) is 17.4 Å². The Labute approximate surface area is 150 Å². The van der Waals surface area contributed by atoms with Crippen LogP contribution in [0, 0.1) is 5.82 Å². The summed E-state index contributed by atoms with van der Waals surface area (Å²) in [5.41, 5.74) is 12.8. The molecule has 0 bridgehead atoms. The zero-order valence-electron chi connectivity index (χ0n) is 14.0. The van der Waals surface area contributed by atoms with Crippen LogP contribution in [0.1, 0.15) is 30.7 Å². The topological polar surface area (TPSA) is 99.9 Å². The third-order valence-electron chi connectivity index (χ3n) is 4.59. The zero-order chi connectivity index (χ0) is 18.1. The maximum atomic E-state index is 15.4. The number of nitrogens with zero attached hydrogens (tertiary/aromatic N) is 3. The highest BCUT2D eigenvalue weighted by molar-refractivity contribution is 5.64. The molecular weight excluding hydrogens is 333 g/mol. The Morgan fingerprint density at radius 2 is 1.85 bits per heavy atom. The minimum absolute atomic E-state index is 0.205. The summed E-state index contributed by atoms with van der Waals surface area (Å²) in [6.45, 7) is 0. The molecule has 2 aromatic heterocycles. The van der Waals surface area contributed by atoms with Gasteiger partial charge in [-0.25, -0.2) is 14.4 Å². The lowest BCUT2D eigenvalue weighted by Crippen LogP contribution is -2.11. The van der Waals surface area contributed by atoms with E-state index in [-0.39, 0.29) is 11.6 Å². The molecule has 0 unspecified atom stereocenters. The second kappa shape index (κ2) is 6.59. The monoisotopic (exact) mass is 351 g/mol. The Bertz CT molecular complexity index is 941. The number of halogens is 1. The molecule has 3 aromatic rings. The number of pyridine rings is 1. The summed E-state index contributed by atoms with van der Waals surface area (Å²) in [5.74, 6) is 1.07. The van der Waals surface area contributed by atoms with Crippen LogP contribution in [0.25, 0.3) is 11.3 Å². The number of ether oxygens (including phenoxy) is 1. The molecule has 0 atom stereocenters. The van der Waals surface area contributed by atoms with Crippen LogP contribution in [-0.4, -0.2) is 15.0 Å². The van der Waals surface area contributed by atoms with Crippen LogP contribution in [0.4, 0.5) is 16.0 Å². The van der Waals surface area contributed by atoms with Gasteiger partial charge in [0.2, 0.25) is 0 Å². The van der Waals surface area contributed by atoms with E-state index < -0.39 is 5.82 Å². The normalized spacial score (nSPS) is 14.0. The van der Waals surface area contributed by atoms with Crippen molar-refractivity contribution in [2.75, 3.05) is 11.5 Å². The second-order valence-electron chi connectivity index (χ2n) is 6.32. The molecule has 132 valence electrons. The van der Waals surface area contributed by atoms with E-state index in [1.165, 1.54) is 18.6 Å². The average Bonchev–Trinajstić information content (AvgIpc) is 2.58. The van der Waals surface area contributed by atoms with E-state index in [4.69, 9.17) is 16.2 Å². The molecule has 0 amide bonds. The lowest BCUT2D eigenvalue weighted by atomic mass is 9.79. The fourth-order valence-corrected chi connectivity index (χ4v) is 3.00. The lowest BCUT2D eigenvalue weighted by Gasteiger charge is -2.28. The van der Waals surface area contributed by atoms with E-state index in [9.17, 15) is 0 Å². The standard InChI is InChI=1S/C19H18FN5O/c20-18-14(15-9-25-17(22)10-24-15)5-4-13(11-2-1-3-11)19(18)26-12-6-7-23-16(21)8-12/h4-11H,1-3H2,(H2,21,23)(H2,22,25). The third kappa shape index (κ3) is 3.03. The van der Waals surface area contributed by atoms with Crippen LogP contribution in [0.5, 0.6) is 11.5 Å². The van der Waals surface area contributed by atoms with Gasteiger partial charge in [0.05, 0.1) is 18.1 Å². The summed E-state index contributed by atoms with van der Waals surface area (Å²) in [6, 6.07) is 6.84. The van der Waals surface area contributed by atoms with Gasteiger partial charge in [-0.05, 0) is 30.9 Å². The predicted molar refractivity (Wildman–Crippen MR) is 97.2 cm³/mol. The minimum atomic E-state index is -0.469. The van der Waals surface area contributed by atoms with Crippen molar-refractivity contribution in [3.05, 3.63) is 54.2 Å². The lowest BCUT2D eigenvalue weighted by molar-refractivity contribution is 0.384. The first-order valence-electron chi connectivity index (χ1n) is 8.41. The molecule has 1 saturated carbocycles. The third-order valence-corrected chi connectivity index (χ3v) is 4.59. The number of anilines is 2. The first-order chi connectivity index (χ1) is 12.6. The van der Waals surface area contributed by atoms with Gasteiger partial charge in [-0.3, -0.25) is 4.98 Å². The van der Waals surface area contributed by atoms with Crippen LogP contribution in [0.15, 0.2) is 42.9 Å². The molecule has 0 aliphatic heterocycles. The first kappa shape index (κ1) is 16.3. The number of nitrogen functional groups attached to an aromatic ring is 2. The second-order valence-corrected chi connectivity index (χ2v) is 6.32. The van der Waals surface area contributed by atoms with Gasteiger partial charge in [0, 0.05) is 23.4 Å². The molecule has 1 aliphatic rings. The SMILES string of the molecule is Nc1cnc(-c2ccc(C3CCC3)c(Oc3ccnc(N)c3)c2F)cn1. The van der Waals surface area contributed by atoms with Crippen molar-refractivity contribution in [2.45, 2.75) is 25.2 Å². The van der Waals surface area contributed by atoms with Gasteiger partial charge in [-0.2, -0.15) is 0 Å². The Balaban J connectivity index is 1.80. The van der Waals surface area contributed by atoms with E-state index in [0.717, 1.165) is 24.8 Å². The van der Waals surface area contributed by atoms with Crippen LogP contribution >= 0.6 is 0 Å². The van der Waals surface area contributed by atoms with Crippen molar-refractivity contribution < 1.29 is 9.13 Å². The van der Waals surface area contributed by atoms with Gasteiger partial charge in [0.15, 0.2) is 11.6 Å². The molecule has 1 fully saturated rings. The van der Waals surface area contributed by atoms with Crippen molar-refractivity contribution in [3.63, 3.8) is 0 Å². The van der Waals surface area contributed by atoms with Crippen LogP contribution in [0.3, 0.4) is 0 Å². The molecule has 0 spiro atoms. The molecule has 7 heteroatoms. The number of nitrogens with two attached hydrogens (primary N) is 2. The Morgan fingerprint density at radius 1 is 1.00 bits per heavy atom. The molecule has 1 aromatic carbocycles.